The molecule has 0 aliphatic heterocycles. The van der Waals surface area contributed by atoms with E-state index in [1.165, 1.54) is 93.9 Å². The van der Waals surface area contributed by atoms with Crippen LogP contribution in [0.2, 0.25) is 0 Å². The third kappa shape index (κ3) is 5.25. The molecule has 0 aromatic heterocycles. The minimum atomic E-state index is 0.264. The molecule has 0 unspecified atom stereocenters. The summed E-state index contributed by atoms with van der Waals surface area (Å²) in [4.78, 5) is 0. The van der Waals surface area contributed by atoms with Gasteiger partial charge in [0.25, 0.3) is 0 Å². The average molecular weight is 647 g/mol. The Morgan fingerprint density at radius 2 is 0.588 bits per heavy atom. The van der Waals surface area contributed by atoms with Crippen molar-refractivity contribution in [1.29, 1.82) is 0 Å². The van der Waals surface area contributed by atoms with Gasteiger partial charge in [0.15, 0.2) is 0 Å². The summed E-state index contributed by atoms with van der Waals surface area (Å²) in [7, 11) is 0. The van der Waals surface area contributed by atoms with Crippen LogP contribution in [-0.4, -0.2) is 0 Å². The highest BCUT2D eigenvalue weighted by atomic mass is 14.3. The van der Waals surface area contributed by atoms with Crippen molar-refractivity contribution in [2.45, 2.75) is 5.92 Å². The molecule has 0 nitrogen and oxygen atoms in total. The van der Waals surface area contributed by atoms with E-state index in [0.717, 1.165) is 0 Å². The molecule has 0 fully saturated rings. The molecule has 9 aromatic rings. The molecule has 51 heavy (non-hydrogen) atoms. The number of fused-ring (bicyclic) bond motifs is 5. The summed E-state index contributed by atoms with van der Waals surface area (Å²) in [6.07, 6.45) is 0. The molecule has 0 atom stereocenters. The van der Waals surface area contributed by atoms with E-state index in [9.17, 15) is 0 Å². The van der Waals surface area contributed by atoms with Crippen LogP contribution in [0.5, 0.6) is 0 Å². The summed E-state index contributed by atoms with van der Waals surface area (Å²) in [5.74, 6) is 0.264. The fourth-order valence-corrected chi connectivity index (χ4v) is 8.10. The Morgan fingerprint density at radius 1 is 0.235 bits per heavy atom. The van der Waals surface area contributed by atoms with Crippen LogP contribution in [0.4, 0.5) is 0 Å². The lowest BCUT2D eigenvalue weighted by molar-refractivity contribution is 1.02. The molecule has 1 aliphatic carbocycles. The van der Waals surface area contributed by atoms with Crippen LogP contribution in [-0.2, 0) is 0 Å². The van der Waals surface area contributed by atoms with Crippen LogP contribution in [0.15, 0.2) is 200 Å². The highest BCUT2D eigenvalue weighted by molar-refractivity contribution is 5.92. The van der Waals surface area contributed by atoms with E-state index in [4.69, 9.17) is 0 Å². The van der Waals surface area contributed by atoms with Crippen molar-refractivity contribution < 1.29 is 0 Å². The van der Waals surface area contributed by atoms with Crippen molar-refractivity contribution >= 4 is 21.5 Å². The fourth-order valence-electron chi connectivity index (χ4n) is 8.10. The van der Waals surface area contributed by atoms with Gasteiger partial charge in [-0.1, -0.05) is 170 Å². The third-order valence-corrected chi connectivity index (χ3v) is 10.7. The summed E-state index contributed by atoms with van der Waals surface area (Å²) in [6, 6.07) is 73.8. The first-order valence-electron chi connectivity index (χ1n) is 17.8. The Bertz CT molecular complexity index is 2590. The lowest BCUT2D eigenvalue weighted by Crippen LogP contribution is -1.98. The zero-order valence-electron chi connectivity index (χ0n) is 28.1. The third-order valence-electron chi connectivity index (χ3n) is 10.7. The standard InChI is InChI=1S/C51H34/c1-3-11-40-29-42(27-23-34(40)9-1)45-31-44(32-46(33-45)43-28-24-35-10-2-4-12-41(35)30-43)38-19-17-36(18-20-38)37-21-25-39(26-22-37)51-49-15-7-5-13-47(49)48-14-6-8-16-50(48)51/h1-33,51H. The van der Waals surface area contributed by atoms with Crippen molar-refractivity contribution in [3.63, 3.8) is 0 Å². The molecule has 1 aliphatic rings. The van der Waals surface area contributed by atoms with Gasteiger partial charge in [0, 0.05) is 5.92 Å². The lowest BCUT2D eigenvalue weighted by atomic mass is 9.88. The first-order chi connectivity index (χ1) is 25.2. The van der Waals surface area contributed by atoms with Gasteiger partial charge in [-0.25, -0.2) is 0 Å². The molecule has 0 N–H and O–H groups in total. The van der Waals surface area contributed by atoms with E-state index in [2.05, 4.69) is 200 Å². The molecule has 238 valence electrons. The van der Waals surface area contributed by atoms with Gasteiger partial charge in [-0.2, -0.15) is 0 Å². The number of benzene rings is 9. The average Bonchev–Trinajstić information content (AvgIpc) is 3.55. The van der Waals surface area contributed by atoms with Crippen LogP contribution in [0, 0.1) is 0 Å². The Hall–Kier alpha value is -6.50. The van der Waals surface area contributed by atoms with Crippen LogP contribution < -0.4 is 0 Å². The maximum atomic E-state index is 2.34. The van der Waals surface area contributed by atoms with E-state index in [1.54, 1.807) is 0 Å². The predicted octanol–water partition coefficient (Wildman–Crippen LogP) is 13.8. The highest BCUT2D eigenvalue weighted by Crippen LogP contribution is 2.48. The summed E-state index contributed by atoms with van der Waals surface area (Å²) in [5.41, 5.74) is 16.6. The Labute approximate surface area is 298 Å². The van der Waals surface area contributed by atoms with Crippen LogP contribution in [0.25, 0.3) is 77.2 Å². The van der Waals surface area contributed by atoms with Gasteiger partial charge >= 0.3 is 0 Å². The molecule has 9 aromatic carbocycles. The quantitative estimate of drug-likeness (QED) is 0.175. The molecule has 0 saturated heterocycles. The second-order valence-corrected chi connectivity index (χ2v) is 13.7. The van der Waals surface area contributed by atoms with E-state index >= 15 is 0 Å². The van der Waals surface area contributed by atoms with Gasteiger partial charge in [0.05, 0.1) is 0 Å². The summed E-state index contributed by atoms with van der Waals surface area (Å²) in [6.45, 7) is 0. The highest BCUT2D eigenvalue weighted by Gasteiger charge is 2.29. The van der Waals surface area contributed by atoms with E-state index < -0.39 is 0 Å². The molecule has 0 radical (unpaired) electrons. The van der Waals surface area contributed by atoms with Gasteiger partial charge in [-0.3, -0.25) is 0 Å². The first-order valence-corrected chi connectivity index (χ1v) is 17.8. The zero-order chi connectivity index (χ0) is 33.7. The van der Waals surface area contributed by atoms with Crippen LogP contribution in [0.3, 0.4) is 0 Å². The van der Waals surface area contributed by atoms with Crippen LogP contribution in [0.1, 0.15) is 22.6 Å². The van der Waals surface area contributed by atoms with Crippen molar-refractivity contribution in [2.24, 2.45) is 0 Å². The molecule has 0 amide bonds. The predicted molar refractivity (Wildman–Crippen MR) is 216 cm³/mol. The Balaban J connectivity index is 1.01. The van der Waals surface area contributed by atoms with Crippen LogP contribution >= 0.6 is 0 Å². The number of hydrogen-bond acceptors (Lipinski definition) is 0. The van der Waals surface area contributed by atoms with Gasteiger partial charge in [0.2, 0.25) is 0 Å². The molecule has 0 bridgehead atoms. The number of rotatable bonds is 5. The largest absolute Gasteiger partial charge is 0.0619 e. The van der Waals surface area contributed by atoms with Crippen molar-refractivity contribution in [3.8, 4) is 55.6 Å². The lowest BCUT2D eigenvalue weighted by Gasteiger charge is -2.15. The second kappa shape index (κ2) is 12.1. The number of hydrogen-bond donors (Lipinski definition) is 0. The van der Waals surface area contributed by atoms with Crippen molar-refractivity contribution in [1.82, 2.24) is 0 Å². The molecule has 0 saturated carbocycles. The maximum absolute atomic E-state index is 2.34. The normalized spacial score (nSPS) is 12.2. The Kier molecular flexibility index (Phi) is 6.99. The molecular weight excluding hydrogens is 613 g/mol. The van der Waals surface area contributed by atoms with E-state index in [1.807, 2.05) is 0 Å². The monoisotopic (exact) mass is 646 g/mol. The fraction of sp³-hybridized carbons (Fsp3) is 0.0196. The zero-order valence-corrected chi connectivity index (χ0v) is 28.1. The Morgan fingerprint density at radius 3 is 1.08 bits per heavy atom. The summed E-state index contributed by atoms with van der Waals surface area (Å²) in [5, 5.41) is 5.02. The molecule has 0 heterocycles. The maximum Gasteiger partial charge on any atom is 0.0352 e. The molecule has 0 spiro atoms. The summed E-state index contributed by atoms with van der Waals surface area (Å²) < 4.78 is 0. The molecule has 0 heteroatoms. The molecule has 10 rings (SSSR count). The van der Waals surface area contributed by atoms with Crippen molar-refractivity contribution in [2.75, 3.05) is 0 Å². The van der Waals surface area contributed by atoms with E-state index in [0.29, 0.717) is 0 Å². The minimum absolute atomic E-state index is 0.264. The first kappa shape index (κ1) is 29.4. The summed E-state index contributed by atoms with van der Waals surface area (Å²) >= 11 is 0. The topological polar surface area (TPSA) is 0 Å². The van der Waals surface area contributed by atoms with Gasteiger partial charge in [0.1, 0.15) is 0 Å². The van der Waals surface area contributed by atoms with Gasteiger partial charge in [-0.05, 0) is 124 Å². The molecular formula is C51H34. The van der Waals surface area contributed by atoms with E-state index in [-0.39, 0.29) is 5.92 Å². The van der Waals surface area contributed by atoms with Gasteiger partial charge < -0.3 is 0 Å². The SMILES string of the molecule is c1ccc2c(c1)-c1ccccc1C2c1ccc(-c2ccc(-c3cc(-c4ccc5ccccc5c4)cc(-c4ccc5ccccc5c4)c3)cc2)cc1. The van der Waals surface area contributed by atoms with Crippen molar-refractivity contribution in [3.05, 3.63) is 217 Å². The smallest absolute Gasteiger partial charge is 0.0352 e. The van der Waals surface area contributed by atoms with Gasteiger partial charge in [-0.15, -0.1) is 0 Å². The minimum Gasteiger partial charge on any atom is -0.0619 e. The second-order valence-electron chi connectivity index (χ2n) is 13.7.